The van der Waals surface area contributed by atoms with Crippen LogP contribution in [0.4, 0.5) is 5.82 Å². The standard InChI is InChI=1S/C82H76N7O16PSSi/c1-5-108(6-2,7-3)105-106(97,98-52-68-70(103-80(95)59-34-22-12-23-35-59)71(104-81(96)60-36-24-13-25-37-60)76(102-68)89-54-85-69-72(83-53-84-73(69)89)86-74(90)55-26-14-8-15-27-55)88-75(91)67(50-51-107-4)87-82(61-38-44-64(45-39-61)99-77(92)56-28-16-9-17-29-56,62-40-46-65(47-41-62)100-78(93)57-30-18-10-19-31-57)63-42-48-66(49-43-63)101-79(94)58-32-20-11-21-33-58/h8-49,53-54,67-68,70-71,76,87H,5-7,50-52H2,1-4H3,(H,88,91,97)(H,83,84,86,90)/t67-,68+,70+,71+,76+,106?/m0/s1. The molecule has 1 aliphatic rings. The number of benzene rings is 9. The second-order valence-corrected chi connectivity index (χ2v) is 32.8. The summed E-state index contributed by atoms with van der Waals surface area (Å²) < 4.78 is 69.0. The van der Waals surface area contributed by atoms with E-state index in [4.69, 9.17) is 37.2 Å². The number of carbonyl (C=O) groups is 7. The van der Waals surface area contributed by atoms with Crippen molar-refractivity contribution in [3.8, 4) is 17.2 Å². The van der Waals surface area contributed by atoms with E-state index in [1.807, 2.05) is 27.0 Å². The second kappa shape index (κ2) is 35.2. The fourth-order valence-electron chi connectivity index (χ4n) is 12.5. The molecule has 6 atom stereocenters. The minimum absolute atomic E-state index is 0.0290. The summed E-state index contributed by atoms with van der Waals surface area (Å²) in [6.45, 7) is 4.97. The van der Waals surface area contributed by atoms with Gasteiger partial charge in [0.15, 0.2) is 35.4 Å². The average Bonchev–Trinajstić information content (AvgIpc) is 1.31. The Kier molecular flexibility index (Phi) is 24.8. The summed E-state index contributed by atoms with van der Waals surface area (Å²) in [5, 5.41) is 9.32. The van der Waals surface area contributed by atoms with Gasteiger partial charge in [0, 0.05) is 5.56 Å². The predicted octanol–water partition coefficient (Wildman–Crippen LogP) is 15.1. The minimum Gasteiger partial charge on any atom is -0.452 e. The van der Waals surface area contributed by atoms with Crippen molar-refractivity contribution in [2.45, 2.75) is 81.4 Å². The number of fused-ring (bicyclic) bond motifs is 1. The van der Waals surface area contributed by atoms with Gasteiger partial charge in [-0.3, -0.25) is 29.1 Å². The van der Waals surface area contributed by atoms with Crippen LogP contribution in [0.15, 0.2) is 267 Å². The average molecular weight is 1510 g/mol. The third-order valence-corrected chi connectivity index (χ3v) is 26.4. The van der Waals surface area contributed by atoms with Gasteiger partial charge in [0.2, 0.25) is 14.2 Å². The van der Waals surface area contributed by atoms with Gasteiger partial charge in [-0.2, -0.15) is 11.8 Å². The highest BCUT2D eigenvalue weighted by atomic mass is 32.2. The number of carbonyl (C=O) groups excluding carboxylic acids is 7. The molecule has 2 amide bonds. The van der Waals surface area contributed by atoms with Crippen LogP contribution >= 0.6 is 19.5 Å². The Labute approximate surface area is 628 Å². The van der Waals surface area contributed by atoms with Crippen LogP contribution in [-0.4, -0.2) is 112 Å². The number of amides is 2. The summed E-state index contributed by atoms with van der Waals surface area (Å²) in [6, 6.07) is 70.0. The number of esters is 5. The lowest BCUT2D eigenvalue weighted by atomic mass is 9.76. The SMILES string of the molecule is CC[Si](CC)(CC)OP(=O)(NC(=O)[C@H](CCSC)NC(c1ccc(OC(=O)c2ccccc2)cc1)(c1ccc(OC(=O)c2ccccc2)cc1)c1ccc(OC(=O)c2ccccc2)cc1)OC[C@H]1O[C@@H](n2cnc3c(NC(=O)c4ccccc4)ncnc32)[C@H](OC(=O)c2ccccc2)[C@@H]1OC(=O)c1ccccc1. The molecule has 12 rings (SSSR count). The van der Waals surface area contributed by atoms with Gasteiger partial charge in [-0.25, -0.2) is 43.5 Å². The van der Waals surface area contributed by atoms with Gasteiger partial charge in [-0.15, -0.1) is 0 Å². The van der Waals surface area contributed by atoms with E-state index in [1.165, 1.54) is 41.1 Å². The molecule has 23 nitrogen and oxygen atoms in total. The lowest BCUT2D eigenvalue weighted by molar-refractivity contribution is -0.122. The van der Waals surface area contributed by atoms with Gasteiger partial charge in [-0.05, 0) is 162 Å². The van der Waals surface area contributed by atoms with Gasteiger partial charge in [-0.1, -0.05) is 166 Å². The van der Waals surface area contributed by atoms with Gasteiger partial charge >= 0.3 is 37.6 Å². The molecule has 108 heavy (non-hydrogen) atoms. The number of thioether (sulfide) groups is 1. The molecule has 0 spiro atoms. The number of rotatable bonds is 31. The zero-order valence-corrected chi connectivity index (χ0v) is 61.9. The van der Waals surface area contributed by atoms with Crippen molar-refractivity contribution in [1.29, 1.82) is 0 Å². The fourth-order valence-corrected chi connectivity index (χ4v) is 19.3. The van der Waals surface area contributed by atoms with Crippen molar-refractivity contribution < 1.29 is 75.3 Å². The number of hydrogen-bond acceptors (Lipinski definition) is 21. The first-order chi connectivity index (χ1) is 52.5. The zero-order chi connectivity index (χ0) is 75.6. The van der Waals surface area contributed by atoms with Crippen LogP contribution in [0.25, 0.3) is 11.2 Å². The van der Waals surface area contributed by atoms with Crippen molar-refractivity contribution >= 4 is 86.5 Å². The molecule has 9 aromatic carbocycles. The van der Waals surface area contributed by atoms with E-state index >= 15 is 9.36 Å². The van der Waals surface area contributed by atoms with E-state index in [0.717, 1.165) is 0 Å². The number of nitrogens with zero attached hydrogens (tertiary/aromatic N) is 4. The Morgan fingerprint density at radius 2 is 0.917 bits per heavy atom. The Bertz CT molecular complexity index is 4740. The quantitative estimate of drug-likeness (QED) is 0.0120. The summed E-state index contributed by atoms with van der Waals surface area (Å²) in [7, 11) is -8.17. The minimum atomic E-state index is -5.02. The molecule has 550 valence electrons. The third kappa shape index (κ3) is 17.9. The van der Waals surface area contributed by atoms with Crippen molar-refractivity contribution in [2.24, 2.45) is 0 Å². The first kappa shape index (κ1) is 76.1. The summed E-state index contributed by atoms with van der Waals surface area (Å²) in [5.41, 5.74) is 1.44. The monoisotopic (exact) mass is 1510 g/mol. The molecule has 3 heterocycles. The smallest absolute Gasteiger partial charge is 0.425 e. The summed E-state index contributed by atoms with van der Waals surface area (Å²) in [4.78, 5) is 113. The van der Waals surface area contributed by atoms with E-state index in [-0.39, 0.29) is 51.8 Å². The number of nitrogens with one attached hydrogen (secondary N) is 3. The first-order valence-corrected chi connectivity index (χ1v) is 40.4. The fraction of sp³-hybridized carbons (Fsp3) is 0.195. The van der Waals surface area contributed by atoms with E-state index in [1.54, 1.807) is 243 Å². The zero-order valence-electron chi connectivity index (χ0n) is 59.2. The molecule has 3 N–H and O–H groups in total. The maximum atomic E-state index is 16.6. The van der Waals surface area contributed by atoms with Crippen LogP contribution in [0.3, 0.4) is 0 Å². The number of ether oxygens (including phenoxy) is 6. The molecule has 0 saturated carbocycles. The third-order valence-electron chi connectivity index (χ3n) is 18.4. The highest BCUT2D eigenvalue weighted by Crippen LogP contribution is 2.51. The largest absolute Gasteiger partial charge is 0.452 e. The van der Waals surface area contributed by atoms with Crippen LogP contribution < -0.4 is 29.9 Å². The van der Waals surface area contributed by atoms with Gasteiger partial charge in [0.25, 0.3) is 5.91 Å². The lowest BCUT2D eigenvalue weighted by Crippen LogP contribution is -2.55. The number of imidazole rings is 1. The Balaban J connectivity index is 0.947. The molecule has 0 aliphatic carbocycles. The van der Waals surface area contributed by atoms with Crippen LogP contribution in [0.2, 0.25) is 18.1 Å². The summed E-state index contributed by atoms with van der Waals surface area (Å²) in [5.74, 6) is -4.00. The van der Waals surface area contributed by atoms with Crippen molar-refractivity contribution in [3.63, 3.8) is 0 Å². The molecule has 1 fully saturated rings. The molecule has 1 saturated heterocycles. The normalized spacial score (nSPS) is 15.7. The lowest BCUT2D eigenvalue weighted by Gasteiger charge is -2.40. The Morgan fingerprint density at radius 1 is 0.519 bits per heavy atom. The molecule has 0 bridgehead atoms. The number of aromatic nitrogens is 4. The van der Waals surface area contributed by atoms with Gasteiger partial charge < -0.3 is 38.0 Å². The predicted molar refractivity (Wildman–Crippen MR) is 408 cm³/mol. The van der Waals surface area contributed by atoms with Gasteiger partial charge in [0.05, 0.1) is 52.3 Å². The topological polar surface area (TPSA) is 290 Å². The highest BCUT2D eigenvalue weighted by molar-refractivity contribution is 7.98. The molecule has 1 aliphatic heterocycles. The Morgan fingerprint density at radius 3 is 1.32 bits per heavy atom. The number of anilines is 1. The summed E-state index contributed by atoms with van der Waals surface area (Å²) in [6.07, 6.45) is -1.65. The molecular formula is C82H76N7O16PSSi. The van der Waals surface area contributed by atoms with Crippen LogP contribution in [-0.2, 0) is 37.8 Å². The van der Waals surface area contributed by atoms with E-state index in [9.17, 15) is 28.8 Å². The number of hydrogen-bond donors (Lipinski definition) is 3. The molecule has 11 aromatic rings. The van der Waals surface area contributed by atoms with Crippen molar-refractivity contribution in [1.82, 2.24) is 29.9 Å². The Hall–Kier alpha value is -11.5. The van der Waals surface area contributed by atoms with Gasteiger partial charge in [0.1, 0.15) is 29.7 Å². The molecule has 26 heteroatoms. The maximum absolute atomic E-state index is 16.6. The molecule has 0 radical (unpaired) electrons. The molecular weight excluding hydrogens is 1430 g/mol. The summed E-state index contributed by atoms with van der Waals surface area (Å²) >= 11 is 1.44. The first-order valence-electron chi connectivity index (χ1n) is 34.9. The van der Waals surface area contributed by atoms with Crippen LogP contribution in [0, 0.1) is 0 Å². The highest BCUT2D eigenvalue weighted by Gasteiger charge is 2.53. The van der Waals surface area contributed by atoms with E-state index in [2.05, 4.69) is 30.7 Å². The van der Waals surface area contributed by atoms with E-state index in [0.29, 0.717) is 62.8 Å². The van der Waals surface area contributed by atoms with Crippen LogP contribution in [0.5, 0.6) is 17.2 Å². The van der Waals surface area contributed by atoms with Crippen LogP contribution in [0.1, 0.15) is 112 Å². The molecule has 2 aromatic heterocycles. The van der Waals surface area contributed by atoms with Crippen molar-refractivity contribution in [2.75, 3.05) is 23.9 Å². The molecule has 1 unspecified atom stereocenters. The maximum Gasteiger partial charge on any atom is 0.425 e. The van der Waals surface area contributed by atoms with E-state index < -0.39 is 100 Å². The van der Waals surface area contributed by atoms with Crippen molar-refractivity contribution in [3.05, 3.63) is 318 Å². The second-order valence-electron chi connectivity index (χ2n) is 25.1.